The van der Waals surface area contributed by atoms with Crippen molar-refractivity contribution in [2.45, 2.75) is 39.9 Å². The number of nitrogens with zero attached hydrogens (tertiary/aromatic N) is 3. The van der Waals surface area contributed by atoms with Gasteiger partial charge in [0.2, 0.25) is 0 Å². The van der Waals surface area contributed by atoms with E-state index in [-0.39, 0.29) is 18.1 Å². The summed E-state index contributed by atoms with van der Waals surface area (Å²) in [7, 11) is 0. The normalized spacial score (nSPS) is 19.4. The summed E-state index contributed by atoms with van der Waals surface area (Å²) in [4.78, 5) is 15.4. The zero-order valence-corrected chi connectivity index (χ0v) is 17.4. The van der Waals surface area contributed by atoms with Crippen molar-refractivity contribution in [3.63, 3.8) is 0 Å². The fourth-order valence-corrected chi connectivity index (χ4v) is 4.02. The van der Waals surface area contributed by atoms with E-state index >= 15 is 0 Å². The molecule has 0 unspecified atom stereocenters. The van der Waals surface area contributed by atoms with Crippen LogP contribution in [-0.4, -0.2) is 45.9 Å². The minimum Gasteiger partial charge on any atom is -0.372 e. The third-order valence-electron chi connectivity index (χ3n) is 5.29. The predicted octanol–water partition coefficient (Wildman–Crippen LogP) is 4.41. The van der Waals surface area contributed by atoms with Gasteiger partial charge >= 0.3 is 0 Å². The Balaban J connectivity index is 1.81. The lowest BCUT2D eigenvalue weighted by Gasteiger charge is -2.35. The molecule has 1 saturated heterocycles. The first-order chi connectivity index (χ1) is 13.9. The van der Waals surface area contributed by atoms with Gasteiger partial charge in [0.15, 0.2) is 0 Å². The minimum absolute atomic E-state index is 0.0124. The average Bonchev–Trinajstić information content (AvgIpc) is 3.12. The first kappa shape index (κ1) is 19.4. The van der Waals surface area contributed by atoms with Crippen molar-refractivity contribution in [3.8, 4) is 16.9 Å². The van der Waals surface area contributed by atoms with Gasteiger partial charge in [0, 0.05) is 18.7 Å². The highest BCUT2D eigenvalue weighted by atomic mass is 16.5. The number of hydrogen-bond donors (Lipinski definition) is 0. The average molecular weight is 389 g/mol. The number of carbonyl (C=O) groups is 1. The molecule has 5 nitrogen and oxygen atoms in total. The molecule has 0 radical (unpaired) electrons. The minimum atomic E-state index is -0.0124. The molecule has 29 heavy (non-hydrogen) atoms. The molecule has 1 aliphatic rings. The molecule has 1 aliphatic heterocycles. The second-order valence-corrected chi connectivity index (χ2v) is 7.95. The summed E-state index contributed by atoms with van der Waals surface area (Å²) in [6, 6.07) is 18.1. The van der Waals surface area contributed by atoms with E-state index in [9.17, 15) is 4.79 Å². The number of rotatable bonds is 3. The van der Waals surface area contributed by atoms with Crippen LogP contribution < -0.4 is 0 Å². The lowest BCUT2D eigenvalue weighted by atomic mass is 10.1. The standard InChI is InChI=1S/C24H27N3O2/c1-16-10-11-22(17(2)12-16)27-23(13-21(25-27)20-8-6-5-7-9-20)24(28)26-14-18(3)29-19(4)15-26/h5-13,18-19H,14-15H2,1-4H3/t18-,19-/m0/s1. The number of benzene rings is 2. The third kappa shape index (κ3) is 3.96. The number of morpholine rings is 1. The van der Waals surface area contributed by atoms with E-state index in [1.54, 1.807) is 4.68 Å². The van der Waals surface area contributed by atoms with Gasteiger partial charge in [-0.1, -0.05) is 48.0 Å². The lowest BCUT2D eigenvalue weighted by Crippen LogP contribution is -2.48. The van der Waals surface area contributed by atoms with E-state index in [1.165, 1.54) is 5.56 Å². The molecule has 4 rings (SSSR count). The zero-order valence-electron chi connectivity index (χ0n) is 17.4. The second-order valence-electron chi connectivity index (χ2n) is 7.95. The Bertz CT molecular complexity index is 1020. The molecule has 150 valence electrons. The van der Waals surface area contributed by atoms with Crippen molar-refractivity contribution in [2.75, 3.05) is 13.1 Å². The van der Waals surface area contributed by atoms with Gasteiger partial charge < -0.3 is 9.64 Å². The number of amides is 1. The molecule has 2 aromatic carbocycles. The van der Waals surface area contributed by atoms with Crippen molar-refractivity contribution >= 4 is 5.91 Å². The highest BCUT2D eigenvalue weighted by molar-refractivity contribution is 5.94. The molecular formula is C24H27N3O2. The van der Waals surface area contributed by atoms with Crippen molar-refractivity contribution in [1.29, 1.82) is 0 Å². The van der Waals surface area contributed by atoms with Crippen LogP contribution in [0.1, 0.15) is 35.5 Å². The molecule has 1 fully saturated rings. The molecular weight excluding hydrogens is 362 g/mol. The SMILES string of the molecule is Cc1ccc(-n2nc(-c3ccccc3)cc2C(=O)N2C[C@H](C)O[C@@H](C)C2)c(C)c1. The van der Waals surface area contributed by atoms with Crippen LogP contribution >= 0.6 is 0 Å². The molecule has 0 spiro atoms. The van der Waals surface area contributed by atoms with Crippen molar-refractivity contribution in [1.82, 2.24) is 14.7 Å². The number of hydrogen-bond acceptors (Lipinski definition) is 3. The van der Waals surface area contributed by atoms with Crippen molar-refractivity contribution in [2.24, 2.45) is 0 Å². The van der Waals surface area contributed by atoms with E-state index in [1.807, 2.05) is 61.2 Å². The molecule has 3 aromatic rings. The lowest BCUT2D eigenvalue weighted by molar-refractivity contribution is -0.0588. The first-order valence-corrected chi connectivity index (χ1v) is 10.1. The maximum Gasteiger partial charge on any atom is 0.272 e. The van der Waals surface area contributed by atoms with E-state index in [4.69, 9.17) is 9.84 Å². The van der Waals surface area contributed by atoms with E-state index in [2.05, 4.69) is 26.0 Å². The van der Waals surface area contributed by atoms with Crippen molar-refractivity contribution < 1.29 is 9.53 Å². The molecule has 2 heterocycles. The fourth-order valence-electron chi connectivity index (χ4n) is 4.02. The topological polar surface area (TPSA) is 47.4 Å². The summed E-state index contributed by atoms with van der Waals surface area (Å²) < 4.78 is 7.60. The predicted molar refractivity (Wildman–Crippen MR) is 114 cm³/mol. The highest BCUT2D eigenvalue weighted by Gasteiger charge is 2.29. The Morgan fingerprint density at radius 1 is 1.00 bits per heavy atom. The summed E-state index contributed by atoms with van der Waals surface area (Å²) in [6.45, 7) is 9.31. The maximum atomic E-state index is 13.5. The Morgan fingerprint density at radius 2 is 1.69 bits per heavy atom. The zero-order chi connectivity index (χ0) is 20.5. The van der Waals surface area contributed by atoms with Gasteiger partial charge in [0.25, 0.3) is 5.91 Å². The molecule has 0 saturated carbocycles. The van der Waals surface area contributed by atoms with Gasteiger partial charge in [-0.25, -0.2) is 4.68 Å². The van der Waals surface area contributed by atoms with Gasteiger partial charge in [0.05, 0.1) is 23.6 Å². The van der Waals surface area contributed by atoms with Crippen LogP contribution in [0.15, 0.2) is 54.6 Å². The maximum absolute atomic E-state index is 13.5. The number of carbonyl (C=O) groups excluding carboxylic acids is 1. The van der Waals surface area contributed by atoms with Crippen LogP contribution in [0, 0.1) is 13.8 Å². The number of aryl methyl sites for hydroxylation is 2. The summed E-state index contributed by atoms with van der Waals surface area (Å²) in [5.74, 6) is -0.0124. The summed E-state index contributed by atoms with van der Waals surface area (Å²) in [5.41, 5.74) is 5.57. The molecule has 1 aromatic heterocycles. The van der Waals surface area contributed by atoms with E-state index < -0.39 is 0 Å². The van der Waals surface area contributed by atoms with E-state index in [0.717, 1.165) is 22.5 Å². The Morgan fingerprint density at radius 3 is 2.34 bits per heavy atom. The monoisotopic (exact) mass is 389 g/mol. The Hall–Kier alpha value is -2.92. The third-order valence-corrected chi connectivity index (χ3v) is 5.29. The largest absolute Gasteiger partial charge is 0.372 e. The van der Waals surface area contributed by atoms with Crippen LogP contribution in [-0.2, 0) is 4.74 Å². The fraction of sp³-hybridized carbons (Fsp3) is 0.333. The summed E-state index contributed by atoms with van der Waals surface area (Å²) in [5, 5.41) is 4.83. The van der Waals surface area contributed by atoms with E-state index in [0.29, 0.717) is 18.8 Å². The second kappa shape index (κ2) is 7.84. The summed E-state index contributed by atoms with van der Waals surface area (Å²) >= 11 is 0. The first-order valence-electron chi connectivity index (χ1n) is 10.1. The van der Waals surface area contributed by atoms with Gasteiger partial charge in [-0.15, -0.1) is 0 Å². The van der Waals surface area contributed by atoms with Crippen LogP contribution in [0.5, 0.6) is 0 Å². The molecule has 2 atom stereocenters. The molecule has 5 heteroatoms. The van der Waals surface area contributed by atoms with Crippen molar-refractivity contribution in [3.05, 3.63) is 71.4 Å². The molecule has 0 bridgehead atoms. The molecule has 1 amide bonds. The number of aromatic nitrogens is 2. The van der Waals surface area contributed by atoms with Crippen LogP contribution in [0.4, 0.5) is 0 Å². The number of ether oxygens (including phenoxy) is 1. The Kier molecular flexibility index (Phi) is 5.24. The molecule has 0 N–H and O–H groups in total. The smallest absolute Gasteiger partial charge is 0.272 e. The quantitative estimate of drug-likeness (QED) is 0.667. The van der Waals surface area contributed by atoms with Crippen LogP contribution in [0.3, 0.4) is 0 Å². The van der Waals surface area contributed by atoms with Gasteiger partial charge in [0.1, 0.15) is 5.69 Å². The van der Waals surface area contributed by atoms with Crippen LogP contribution in [0.2, 0.25) is 0 Å². The van der Waals surface area contributed by atoms with Gasteiger partial charge in [-0.05, 0) is 45.4 Å². The van der Waals surface area contributed by atoms with Gasteiger partial charge in [-0.2, -0.15) is 5.10 Å². The Labute approximate surface area is 171 Å². The highest BCUT2D eigenvalue weighted by Crippen LogP contribution is 2.25. The van der Waals surface area contributed by atoms with Crippen LogP contribution in [0.25, 0.3) is 16.9 Å². The van der Waals surface area contributed by atoms with Gasteiger partial charge in [-0.3, -0.25) is 4.79 Å². The summed E-state index contributed by atoms with van der Waals surface area (Å²) in [6.07, 6.45) is 0.0440. The molecule has 0 aliphatic carbocycles.